The van der Waals surface area contributed by atoms with E-state index in [2.05, 4.69) is 24.3 Å². The second-order valence-corrected chi connectivity index (χ2v) is 5.52. The number of benzene rings is 2. The van der Waals surface area contributed by atoms with Crippen LogP contribution in [0.3, 0.4) is 0 Å². The van der Waals surface area contributed by atoms with Gasteiger partial charge in [-0.25, -0.2) is 4.79 Å². The molecule has 0 bridgehead atoms. The summed E-state index contributed by atoms with van der Waals surface area (Å²) in [7, 11) is 0. The smallest absolute Gasteiger partial charge is 0.328 e. The predicted octanol–water partition coefficient (Wildman–Crippen LogP) is 4.67. The Morgan fingerprint density at radius 3 is 2.65 bits per heavy atom. The Kier molecular flexibility index (Phi) is 3.35. The zero-order valence-electron chi connectivity index (χ0n) is 10.6. The first kappa shape index (κ1) is 12.6. The second kappa shape index (κ2) is 5.31. The maximum atomic E-state index is 10.5. The Labute approximate surface area is 120 Å². The van der Waals surface area contributed by atoms with Crippen molar-refractivity contribution in [3.05, 3.63) is 65.6 Å². The summed E-state index contributed by atoms with van der Waals surface area (Å²) >= 11 is 1.59. The van der Waals surface area contributed by atoms with Crippen LogP contribution in [0.1, 0.15) is 4.88 Å². The van der Waals surface area contributed by atoms with Crippen molar-refractivity contribution in [3.8, 4) is 10.4 Å². The summed E-state index contributed by atoms with van der Waals surface area (Å²) in [6.45, 7) is 0. The van der Waals surface area contributed by atoms with E-state index in [1.807, 2.05) is 30.3 Å². The first-order chi connectivity index (χ1) is 9.74. The first-order valence-corrected chi connectivity index (χ1v) is 7.05. The first-order valence-electron chi connectivity index (χ1n) is 6.23. The molecule has 3 aromatic rings. The zero-order chi connectivity index (χ0) is 13.9. The predicted molar refractivity (Wildman–Crippen MR) is 83.9 cm³/mol. The lowest BCUT2D eigenvalue weighted by Crippen LogP contribution is -1.84. The molecule has 0 aliphatic heterocycles. The van der Waals surface area contributed by atoms with Gasteiger partial charge < -0.3 is 5.11 Å². The molecule has 0 amide bonds. The van der Waals surface area contributed by atoms with Crippen LogP contribution in [0.15, 0.2) is 60.7 Å². The molecule has 2 nitrogen and oxygen atoms in total. The minimum atomic E-state index is -0.926. The fourth-order valence-electron chi connectivity index (χ4n) is 2.18. The highest BCUT2D eigenvalue weighted by Crippen LogP contribution is 2.33. The number of carboxylic acid groups (broad SMARTS) is 1. The van der Waals surface area contributed by atoms with Gasteiger partial charge in [0.15, 0.2) is 0 Å². The molecule has 0 spiro atoms. The van der Waals surface area contributed by atoms with Crippen LogP contribution in [0, 0.1) is 0 Å². The van der Waals surface area contributed by atoms with Crippen molar-refractivity contribution in [2.45, 2.75) is 0 Å². The summed E-state index contributed by atoms with van der Waals surface area (Å²) in [5.74, 6) is -0.926. The highest BCUT2D eigenvalue weighted by atomic mass is 32.1. The summed E-state index contributed by atoms with van der Waals surface area (Å²) < 4.78 is 0. The number of rotatable bonds is 3. The Balaban J connectivity index is 2.06. The van der Waals surface area contributed by atoms with E-state index < -0.39 is 5.97 Å². The van der Waals surface area contributed by atoms with Crippen molar-refractivity contribution in [3.63, 3.8) is 0 Å². The maximum Gasteiger partial charge on any atom is 0.328 e. The van der Waals surface area contributed by atoms with Crippen LogP contribution in [-0.2, 0) is 4.79 Å². The van der Waals surface area contributed by atoms with Crippen molar-refractivity contribution in [2.24, 2.45) is 0 Å². The molecule has 98 valence electrons. The van der Waals surface area contributed by atoms with Crippen LogP contribution in [-0.4, -0.2) is 11.1 Å². The Morgan fingerprint density at radius 1 is 1.00 bits per heavy atom. The largest absolute Gasteiger partial charge is 0.478 e. The summed E-state index contributed by atoms with van der Waals surface area (Å²) in [5.41, 5.74) is 1.18. The third-order valence-corrected chi connectivity index (χ3v) is 4.16. The van der Waals surface area contributed by atoms with E-state index in [4.69, 9.17) is 5.11 Å². The Morgan fingerprint density at radius 2 is 1.80 bits per heavy atom. The third kappa shape index (κ3) is 2.49. The SMILES string of the molecule is O=C(O)/C=C/c1ccc(-c2cccc3ccccc23)s1. The van der Waals surface area contributed by atoms with Crippen molar-refractivity contribution in [2.75, 3.05) is 0 Å². The number of hydrogen-bond acceptors (Lipinski definition) is 2. The van der Waals surface area contributed by atoms with Gasteiger partial charge in [0.1, 0.15) is 0 Å². The number of thiophene rings is 1. The number of hydrogen-bond donors (Lipinski definition) is 1. The highest BCUT2D eigenvalue weighted by molar-refractivity contribution is 7.16. The fourth-order valence-corrected chi connectivity index (χ4v) is 3.13. The van der Waals surface area contributed by atoms with Gasteiger partial charge >= 0.3 is 5.97 Å². The summed E-state index contributed by atoms with van der Waals surface area (Å²) in [4.78, 5) is 12.6. The van der Waals surface area contributed by atoms with E-state index in [0.717, 1.165) is 9.75 Å². The van der Waals surface area contributed by atoms with Crippen LogP contribution in [0.25, 0.3) is 27.3 Å². The fraction of sp³-hybridized carbons (Fsp3) is 0. The molecule has 1 aromatic heterocycles. The molecule has 0 fully saturated rings. The summed E-state index contributed by atoms with van der Waals surface area (Å²) in [5, 5.41) is 11.1. The molecule has 1 heterocycles. The molecule has 0 saturated carbocycles. The molecule has 3 rings (SSSR count). The zero-order valence-corrected chi connectivity index (χ0v) is 11.4. The van der Waals surface area contributed by atoms with E-state index in [1.165, 1.54) is 22.4 Å². The van der Waals surface area contributed by atoms with Crippen molar-refractivity contribution in [1.82, 2.24) is 0 Å². The van der Waals surface area contributed by atoms with E-state index in [0.29, 0.717) is 0 Å². The summed E-state index contributed by atoms with van der Waals surface area (Å²) in [6, 6.07) is 18.5. The van der Waals surface area contributed by atoms with Gasteiger partial charge in [-0.15, -0.1) is 11.3 Å². The molecule has 2 aromatic carbocycles. The molecule has 0 radical (unpaired) electrons. The van der Waals surface area contributed by atoms with Crippen LogP contribution in [0.2, 0.25) is 0 Å². The van der Waals surface area contributed by atoms with Crippen molar-refractivity contribution < 1.29 is 9.90 Å². The van der Waals surface area contributed by atoms with Gasteiger partial charge in [-0.2, -0.15) is 0 Å². The normalized spacial score (nSPS) is 11.2. The quantitative estimate of drug-likeness (QED) is 0.708. The lowest BCUT2D eigenvalue weighted by atomic mass is 10.0. The van der Waals surface area contributed by atoms with Gasteiger partial charge in [0.2, 0.25) is 0 Å². The van der Waals surface area contributed by atoms with Gasteiger partial charge in [0.05, 0.1) is 0 Å². The molecule has 0 unspecified atom stereocenters. The minimum Gasteiger partial charge on any atom is -0.478 e. The topological polar surface area (TPSA) is 37.3 Å². The average Bonchev–Trinajstić information content (AvgIpc) is 2.93. The number of aliphatic carboxylic acids is 1. The van der Waals surface area contributed by atoms with E-state index in [-0.39, 0.29) is 0 Å². The molecule has 3 heteroatoms. The molecule has 0 saturated heterocycles. The molecule has 0 aliphatic rings. The van der Waals surface area contributed by atoms with Crippen molar-refractivity contribution >= 4 is 34.2 Å². The standard InChI is InChI=1S/C17H12O2S/c18-17(19)11-9-13-8-10-16(20-13)15-7-3-5-12-4-1-2-6-14(12)15/h1-11H,(H,18,19)/b11-9+. The van der Waals surface area contributed by atoms with Crippen LogP contribution >= 0.6 is 11.3 Å². The maximum absolute atomic E-state index is 10.5. The van der Waals surface area contributed by atoms with Gasteiger partial charge in [0, 0.05) is 15.8 Å². The molecule has 0 aliphatic carbocycles. The van der Waals surface area contributed by atoms with E-state index in [9.17, 15) is 4.79 Å². The Bertz CT molecular complexity index is 794. The van der Waals surface area contributed by atoms with Crippen LogP contribution in [0.5, 0.6) is 0 Å². The molecule has 0 atom stereocenters. The minimum absolute atomic E-state index is 0.926. The number of fused-ring (bicyclic) bond motifs is 1. The second-order valence-electron chi connectivity index (χ2n) is 4.40. The monoisotopic (exact) mass is 280 g/mol. The molecule has 1 N–H and O–H groups in total. The average molecular weight is 280 g/mol. The Hall–Kier alpha value is -2.39. The number of carbonyl (C=O) groups is 1. The van der Waals surface area contributed by atoms with Gasteiger partial charge in [-0.1, -0.05) is 42.5 Å². The van der Waals surface area contributed by atoms with E-state index >= 15 is 0 Å². The van der Waals surface area contributed by atoms with Crippen molar-refractivity contribution in [1.29, 1.82) is 0 Å². The van der Waals surface area contributed by atoms with Gasteiger partial charge in [0.25, 0.3) is 0 Å². The van der Waals surface area contributed by atoms with Crippen LogP contribution < -0.4 is 0 Å². The van der Waals surface area contributed by atoms with E-state index in [1.54, 1.807) is 17.4 Å². The number of carboxylic acids is 1. The van der Waals surface area contributed by atoms with Crippen LogP contribution in [0.4, 0.5) is 0 Å². The lowest BCUT2D eigenvalue weighted by Gasteiger charge is -2.03. The molecular weight excluding hydrogens is 268 g/mol. The lowest BCUT2D eigenvalue weighted by molar-refractivity contribution is -0.131. The molecule has 20 heavy (non-hydrogen) atoms. The van der Waals surface area contributed by atoms with Gasteiger partial charge in [-0.05, 0) is 34.5 Å². The van der Waals surface area contributed by atoms with Gasteiger partial charge in [-0.3, -0.25) is 0 Å². The highest BCUT2D eigenvalue weighted by Gasteiger charge is 2.05. The summed E-state index contributed by atoms with van der Waals surface area (Å²) in [6.07, 6.45) is 2.79. The molecular formula is C17H12O2S. The third-order valence-electron chi connectivity index (χ3n) is 3.07.